The van der Waals surface area contributed by atoms with Gasteiger partial charge in [0.05, 0.1) is 15.4 Å². The minimum absolute atomic E-state index is 0.104. The van der Waals surface area contributed by atoms with Gasteiger partial charge in [0.25, 0.3) is 0 Å². The lowest BCUT2D eigenvalue weighted by Crippen LogP contribution is -2.15. The molecule has 1 unspecified atom stereocenters. The van der Waals surface area contributed by atoms with E-state index < -0.39 is 6.10 Å². The van der Waals surface area contributed by atoms with E-state index in [0.29, 0.717) is 0 Å². The van der Waals surface area contributed by atoms with Crippen LogP contribution in [0.25, 0.3) is 0 Å². The molecule has 1 N–H and O–H groups in total. The number of halogens is 1. The molecule has 1 atom stereocenters. The summed E-state index contributed by atoms with van der Waals surface area (Å²) < 4.78 is 4.90. The van der Waals surface area contributed by atoms with Gasteiger partial charge in [0, 0.05) is 9.89 Å². The second kappa shape index (κ2) is 4.76. The summed E-state index contributed by atoms with van der Waals surface area (Å²) in [5.74, 6) is 0. The van der Waals surface area contributed by atoms with Gasteiger partial charge in [-0.25, -0.2) is 0 Å². The number of aliphatic hydroxyl groups excluding tert-OH is 1. The maximum atomic E-state index is 10.4. The average molecular weight is 333 g/mol. The van der Waals surface area contributed by atoms with Gasteiger partial charge in [-0.3, -0.25) is 0 Å². The van der Waals surface area contributed by atoms with Crippen LogP contribution in [0.3, 0.4) is 0 Å². The highest BCUT2D eigenvalue weighted by atomic mass is 79.9. The number of nitrogens with zero attached hydrogens (tertiary/aromatic N) is 2. The van der Waals surface area contributed by atoms with E-state index in [1.807, 2.05) is 11.4 Å². The number of hydrogen-bond donors (Lipinski definition) is 1. The molecule has 0 aliphatic heterocycles. The first-order chi connectivity index (χ1) is 7.91. The van der Waals surface area contributed by atoms with E-state index >= 15 is 0 Å². The van der Waals surface area contributed by atoms with Crippen molar-refractivity contribution in [2.24, 2.45) is 0 Å². The van der Waals surface area contributed by atoms with Crippen LogP contribution in [0.1, 0.15) is 42.3 Å². The fourth-order valence-corrected chi connectivity index (χ4v) is 4.04. The fourth-order valence-electron chi connectivity index (χ4n) is 1.52. The maximum Gasteiger partial charge on any atom is 0.127 e. The summed E-state index contributed by atoms with van der Waals surface area (Å²) in [5, 5.41) is 16.5. The first kappa shape index (κ1) is 13.1. The quantitative estimate of drug-likeness (QED) is 0.911. The van der Waals surface area contributed by atoms with Crippen molar-refractivity contribution in [3.63, 3.8) is 0 Å². The van der Waals surface area contributed by atoms with Crippen LogP contribution in [-0.4, -0.2) is 14.7 Å². The SMILES string of the molecule is CC(C)(C)c1nnsc1C(O)c1sccc1Br. The van der Waals surface area contributed by atoms with Gasteiger partial charge in [-0.1, -0.05) is 25.3 Å². The summed E-state index contributed by atoms with van der Waals surface area (Å²) in [6, 6.07) is 1.94. The van der Waals surface area contributed by atoms with Crippen molar-refractivity contribution in [1.29, 1.82) is 0 Å². The second-order valence-electron chi connectivity index (χ2n) is 4.77. The van der Waals surface area contributed by atoms with Crippen LogP contribution in [0.15, 0.2) is 15.9 Å². The van der Waals surface area contributed by atoms with Gasteiger partial charge in [-0.15, -0.1) is 16.4 Å². The lowest BCUT2D eigenvalue weighted by molar-refractivity contribution is 0.224. The van der Waals surface area contributed by atoms with Crippen LogP contribution < -0.4 is 0 Å². The lowest BCUT2D eigenvalue weighted by Gasteiger charge is -2.18. The molecular weight excluding hydrogens is 320 g/mol. The van der Waals surface area contributed by atoms with Gasteiger partial charge >= 0.3 is 0 Å². The van der Waals surface area contributed by atoms with E-state index in [1.54, 1.807) is 0 Å². The zero-order valence-corrected chi connectivity index (χ0v) is 13.0. The molecule has 3 nitrogen and oxygen atoms in total. The molecule has 2 heterocycles. The van der Waals surface area contributed by atoms with Gasteiger partial charge in [0.1, 0.15) is 6.10 Å². The molecule has 2 aromatic heterocycles. The molecule has 6 heteroatoms. The summed E-state index contributed by atoms with van der Waals surface area (Å²) >= 11 is 6.24. The fraction of sp³-hybridized carbons (Fsp3) is 0.455. The third kappa shape index (κ3) is 2.59. The predicted octanol–water partition coefficient (Wildman–Crippen LogP) is 3.74. The van der Waals surface area contributed by atoms with Crippen LogP contribution in [0.5, 0.6) is 0 Å². The molecule has 0 aromatic carbocycles. The number of thiophene rings is 1. The summed E-state index contributed by atoms with van der Waals surface area (Å²) in [5.41, 5.74) is 0.767. The van der Waals surface area contributed by atoms with E-state index in [-0.39, 0.29) is 5.41 Å². The molecular formula is C11H13BrN2OS2. The van der Waals surface area contributed by atoms with Crippen molar-refractivity contribution < 1.29 is 5.11 Å². The Hall–Kier alpha value is -0.300. The Labute approximate surface area is 117 Å². The van der Waals surface area contributed by atoms with E-state index in [9.17, 15) is 5.11 Å². The first-order valence-electron chi connectivity index (χ1n) is 5.15. The maximum absolute atomic E-state index is 10.4. The van der Waals surface area contributed by atoms with Crippen LogP contribution in [0.2, 0.25) is 0 Å². The summed E-state index contributed by atoms with van der Waals surface area (Å²) in [7, 11) is 0. The van der Waals surface area contributed by atoms with Crippen molar-refractivity contribution in [2.45, 2.75) is 32.3 Å². The third-order valence-corrected chi connectivity index (χ3v) is 5.07. The van der Waals surface area contributed by atoms with Crippen molar-refractivity contribution in [1.82, 2.24) is 9.59 Å². The average Bonchev–Trinajstić information content (AvgIpc) is 2.82. The minimum Gasteiger partial charge on any atom is -0.382 e. The number of aromatic nitrogens is 2. The van der Waals surface area contributed by atoms with E-state index in [1.165, 1.54) is 22.9 Å². The highest BCUT2D eigenvalue weighted by Gasteiger charge is 2.28. The van der Waals surface area contributed by atoms with Gasteiger partial charge < -0.3 is 5.11 Å². The molecule has 0 fully saturated rings. The van der Waals surface area contributed by atoms with E-state index in [0.717, 1.165) is 19.9 Å². The molecule has 0 saturated carbocycles. The van der Waals surface area contributed by atoms with Gasteiger partial charge in [0.2, 0.25) is 0 Å². The second-order valence-corrected chi connectivity index (χ2v) is 7.36. The van der Waals surface area contributed by atoms with Crippen LogP contribution in [0, 0.1) is 0 Å². The summed E-state index contributed by atoms with van der Waals surface area (Å²) in [6.45, 7) is 6.22. The zero-order chi connectivity index (χ0) is 12.6. The van der Waals surface area contributed by atoms with Crippen LogP contribution >= 0.6 is 38.8 Å². The molecule has 2 rings (SSSR count). The van der Waals surface area contributed by atoms with Gasteiger partial charge in [-0.2, -0.15) is 0 Å². The molecule has 92 valence electrons. The Morgan fingerprint density at radius 1 is 1.35 bits per heavy atom. The number of rotatable bonds is 2. The Balaban J connectivity index is 2.42. The van der Waals surface area contributed by atoms with Crippen molar-refractivity contribution in [3.8, 4) is 0 Å². The van der Waals surface area contributed by atoms with Crippen molar-refractivity contribution in [3.05, 3.63) is 31.4 Å². The molecule has 17 heavy (non-hydrogen) atoms. The summed E-state index contributed by atoms with van der Waals surface area (Å²) in [6.07, 6.45) is -0.640. The lowest BCUT2D eigenvalue weighted by atomic mass is 9.90. The monoisotopic (exact) mass is 332 g/mol. The first-order valence-corrected chi connectivity index (χ1v) is 7.59. The smallest absolute Gasteiger partial charge is 0.127 e. The Morgan fingerprint density at radius 2 is 2.06 bits per heavy atom. The highest BCUT2D eigenvalue weighted by Crippen LogP contribution is 2.38. The third-order valence-electron chi connectivity index (χ3n) is 2.37. The Kier molecular flexibility index (Phi) is 3.68. The molecule has 0 amide bonds. The number of hydrogen-bond acceptors (Lipinski definition) is 5. The molecule has 0 bridgehead atoms. The van der Waals surface area contributed by atoms with Gasteiger partial charge in [-0.05, 0) is 38.9 Å². The summed E-state index contributed by atoms with van der Waals surface area (Å²) in [4.78, 5) is 1.74. The molecule has 2 aromatic rings. The largest absolute Gasteiger partial charge is 0.382 e. The Morgan fingerprint density at radius 3 is 2.59 bits per heavy atom. The topological polar surface area (TPSA) is 46.0 Å². The molecule has 0 radical (unpaired) electrons. The zero-order valence-electron chi connectivity index (χ0n) is 9.77. The van der Waals surface area contributed by atoms with E-state index in [4.69, 9.17) is 0 Å². The Bertz CT molecular complexity index is 516. The van der Waals surface area contributed by atoms with Crippen molar-refractivity contribution in [2.75, 3.05) is 0 Å². The van der Waals surface area contributed by atoms with Crippen LogP contribution in [0.4, 0.5) is 0 Å². The van der Waals surface area contributed by atoms with Crippen LogP contribution in [-0.2, 0) is 5.41 Å². The molecule has 0 aliphatic rings. The normalized spacial score (nSPS) is 13.9. The number of aliphatic hydroxyl groups is 1. The molecule has 0 aliphatic carbocycles. The molecule has 0 saturated heterocycles. The molecule has 0 spiro atoms. The van der Waals surface area contributed by atoms with E-state index in [2.05, 4.69) is 46.3 Å². The van der Waals surface area contributed by atoms with Gasteiger partial charge in [0.15, 0.2) is 0 Å². The minimum atomic E-state index is -0.640. The highest BCUT2D eigenvalue weighted by molar-refractivity contribution is 9.10. The van der Waals surface area contributed by atoms with Crippen molar-refractivity contribution >= 4 is 38.8 Å². The predicted molar refractivity (Wildman–Crippen MR) is 74.7 cm³/mol. The standard InChI is InChI=1S/C11H13BrN2OS2/c1-11(2,3)10-9(17-14-13-10)7(15)8-6(12)4-5-16-8/h4-5,7,15H,1-3H3.